The topological polar surface area (TPSA) is 32.3 Å². The fourth-order valence-electron chi connectivity index (χ4n) is 3.35. The van der Waals surface area contributed by atoms with Crippen molar-refractivity contribution in [2.45, 2.75) is 44.3 Å². The van der Waals surface area contributed by atoms with Crippen molar-refractivity contribution < 1.29 is 13.2 Å². The number of nitrogens with zero attached hydrogens (tertiary/aromatic N) is 4. The van der Waals surface area contributed by atoms with Gasteiger partial charge in [-0.25, -0.2) is 9.97 Å². The third-order valence-corrected chi connectivity index (χ3v) is 4.62. The van der Waals surface area contributed by atoms with Crippen LogP contribution in [-0.2, 0) is 6.18 Å². The summed E-state index contributed by atoms with van der Waals surface area (Å²) < 4.78 is 37.6. The van der Waals surface area contributed by atoms with Gasteiger partial charge >= 0.3 is 6.18 Å². The number of piperidine rings is 2. The molecule has 0 aliphatic carbocycles. The molecule has 4 nitrogen and oxygen atoms in total. The van der Waals surface area contributed by atoms with E-state index in [1.54, 1.807) is 0 Å². The molecule has 0 saturated carbocycles. The fraction of sp³-hybridized carbons (Fsp3) is 0.733. The third kappa shape index (κ3) is 3.51. The average molecular weight is 314 g/mol. The predicted molar refractivity (Wildman–Crippen MR) is 77.7 cm³/mol. The molecule has 3 heterocycles. The molecule has 7 heteroatoms. The second-order valence-electron chi connectivity index (χ2n) is 6.08. The minimum absolute atomic E-state index is 0.407. The molecule has 0 atom stereocenters. The predicted octanol–water partition coefficient (Wildman–Crippen LogP) is 2.95. The van der Waals surface area contributed by atoms with E-state index in [1.807, 2.05) is 4.90 Å². The molecule has 2 aliphatic rings. The molecule has 3 rings (SSSR count). The summed E-state index contributed by atoms with van der Waals surface area (Å²) in [6.07, 6.45) is 3.33. The van der Waals surface area contributed by atoms with Gasteiger partial charge in [0.2, 0.25) is 5.95 Å². The second kappa shape index (κ2) is 6.40. The lowest BCUT2D eigenvalue weighted by molar-refractivity contribution is -0.138. The first-order valence-electron chi connectivity index (χ1n) is 7.92. The van der Waals surface area contributed by atoms with Gasteiger partial charge in [-0.05, 0) is 38.8 Å². The van der Waals surface area contributed by atoms with Gasteiger partial charge in [-0.1, -0.05) is 6.42 Å². The molecule has 0 bridgehead atoms. The van der Waals surface area contributed by atoms with Crippen LogP contribution in [-0.4, -0.2) is 47.1 Å². The van der Waals surface area contributed by atoms with Gasteiger partial charge in [0.1, 0.15) is 0 Å². The Kier molecular flexibility index (Phi) is 4.52. The molecule has 2 fully saturated rings. The van der Waals surface area contributed by atoms with Crippen molar-refractivity contribution in [3.05, 3.63) is 18.0 Å². The first kappa shape index (κ1) is 15.5. The van der Waals surface area contributed by atoms with Gasteiger partial charge in [-0.3, -0.25) is 0 Å². The maximum atomic E-state index is 12.5. The van der Waals surface area contributed by atoms with Crippen molar-refractivity contribution in [2.24, 2.45) is 0 Å². The summed E-state index contributed by atoms with van der Waals surface area (Å²) in [5.41, 5.74) is -0.792. The monoisotopic (exact) mass is 314 g/mol. The minimum atomic E-state index is -4.38. The number of alkyl halides is 3. The Morgan fingerprint density at radius 2 is 1.50 bits per heavy atom. The summed E-state index contributed by atoms with van der Waals surface area (Å²) in [5.74, 6) is 0.407. The van der Waals surface area contributed by atoms with E-state index in [4.69, 9.17) is 0 Å². The highest BCUT2D eigenvalue weighted by molar-refractivity contribution is 5.31. The molecule has 0 amide bonds. The Morgan fingerprint density at radius 3 is 2.05 bits per heavy atom. The van der Waals surface area contributed by atoms with Crippen LogP contribution in [0.4, 0.5) is 19.1 Å². The van der Waals surface area contributed by atoms with Gasteiger partial charge in [0.15, 0.2) is 0 Å². The zero-order chi connectivity index (χ0) is 15.6. The van der Waals surface area contributed by atoms with Gasteiger partial charge in [0, 0.05) is 31.5 Å². The van der Waals surface area contributed by atoms with E-state index >= 15 is 0 Å². The van der Waals surface area contributed by atoms with Crippen LogP contribution in [0.15, 0.2) is 12.4 Å². The van der Waals surface area contributed by atoms with E-state index < -0.39 is 11.7 Å². The molecule has 1 aromatic rings. The lowest BCUT2D eigenvalue weighted by Crippen LogP contribution is -2.47. The van der Waals surface area contributed by atoms with Crippen molar-refractivity contribution in [1.82, 2.24) is 14.9 Å². The van der Waals surface area contributed by atoms with E-state index in [-0.39, 0.29) is 0 Å². The molecule has 0 spiro atoms. The number of rotatable bonds is 2. The summed E-state index contributed by atoms with van der Waals surface area (Å²) in [4.78, 5) is 12.3. The lowest BCUT2D eigenvalue weighted by atomic mass is 10.0. The van der Waals surface area contributed by atoms with Crippen molar-refractivity contribution in [3.63, 3.8) is 0 Å². The van der Waals surface area contributed by atoms with Gasteiger partial charge in [-0.15, -0.1) is 0 Å². The van der Waals surface area contributed by atoms with E-state index in [0.29, 0.717) is 12.0 Å². The Labute approximate surface area is 128 Å². The Hall–Kier alpha value is -1.37. The first-order valence-corrected chi connectivity index (χ1v) is 7.92. The van der Waals surface area contributed by atoms with Crippen LogP contribution in [0.5, 0.6) is 0 Å². The second-order valence-corrected chi connectivity index (χ2v) is 6.08. The normalized spacial score (nSPS) is 22.0. The number of hydrogen-bond acceptors (Lipinski definition) is 4. The van der Waals surface area contributed by atoms with Crippen LogP contribution >= 0.6 is 0 Å². The molecule has 0 N–H and O–H groups in total. The van der Waals surface area contributed by atoms with Crippen molar-refractivity contribution >= 4 is 5.95 Å². The largest absolute Gasteiger partial charge is 0.419 e. The molecule has 122 valence electrons. The zero-order valence-electron chi connectivity index (χ0n) is 12.5. The minimum Gasteiger partial charge on any atom is -0.341 e. The van der Waals surface area contributed by atoms with Crippen LogP contribution in [0.1, 0.15) is 37.7 Å². The molecule has 22 heavy (non-hydrogen) atoms. The number of hydrogen-bond donors (Lipinski definition) is 0. The molecule has 1 aromatic heterocycles. The van der Waals surface area contributed by atoms with Crippen LogP contribution in [0.2, 0.25) is 0 Å². The Morgan fingerprint density at radius 1 is 0.909 bits per heavy atom. The number of aromatic nitrogens is 2. The molecule has 0 aromatic carbocycles. The lowest BCUT2D eigenvalue weighted by Gasteiger charge is -2.40. The molecular weight excluding hydrogens is 293 g/mol. The Bertz CT molecular complexity index is 475. The highest BCUT2D eigenvalue weighted by atomic mass is 19.4. The molecule has 2 aliphatic heterocycles. The van der Waals surface area contributed by atoms with Crippen molar-refractivity contribution in [1.29, 1.82) is 0 Å². The molecule has 0 unspecified atom stereocenters. The summed E-state index contributed by atoms with van der Waals surface area (Å²) in [6.45, 7) is 3.99. The summed E-state index contributed by atoms with van der Waals surface area (Å²) >= 11 is 0. The maximum Gasteiger partial charge on any atom is 0.419 e. The van der Waals surface area contributed by atoms with Crippen LogP contribution < -0.4 is 4.90 Å². The third-order valence-electron chi connectivity index (χ3n) is 4.62. The average Bonchev–Trinajstić information content (AvgIpc) is 2.55. The summed E-state index contributed by atoms with van der Waals surface area (Å²) in [6, 6.07) is 0.603. The quantitative estimate of drug-likeness (QED) is 0.840. The van der Waals surface area contributed by atoms with Crippen molar-refractivity contribution in [2.75, 3.05) is 31.1 Å². The van der Waals surface area contributed by atoms with E-state index in [9.17, 15) is 13.2 Å². The van der Waals surface area contributed by atoms with E-state index in [2.05, 4.69) is 14.9 Å². The van der Waals surface area contributed by atoms with E-state index in [0.717, 1.165) is 38.3 Å². The van der Waals surface area contributed by atoms with Crippen molar-refractivity contribution in [3.8, 4) is 0 Å². The number of halogens is 3. The SMILES string of the molecule is FC(F)(F)c1cnc(N2CCC(N3CCCCC3)CC2)nc1. The smallest absolute Gasteiger partial charge is 0.341 e. The summed E-state index contributed by atoms with van der Waals surface area (Å²) in [7, 11) is 0. The number of anilines is 1. The molecular formula is C15H21F3N4. The molecule has 0 radical (unpaired) electrons. The number of likely N-dealkylation sites (tertiary alicyclic amines) is 1. The van der Waals surface area contributed by atoms with Crippen LogP contribution in [0.3, 0.4) is 0 Å². The summed E-state index contributed by atoms with van der Waals surface area (Å²) in [5, 5.41) is 0. The standard InChI is InChI=1S/C15H21F3N4/c16-15(17,18)12-10-19-14(20-11-12)22-8-4-13(5-9-22)21-6-2-1-3-7-21/h10-11,13H,1-9H2. The van der Waals surface area contributed by atoms with E-state index in [1.165, 1.54) is 32.4 Å². The van der Waals surface area contributed by atoms with Gasteiger partial charge < -0.3 is 9.80 Å². The van der Waals surface area contributed by atoms with Gasteiger partial charge in [-0.2, -0.15) is 13.2 Å². The Balaban J connectivity index is 1.57. The molecule has 2 saturated heterocycles. The van der Waals surface area contributed by atoms with Crippen LogP contribution in [0.25, 0.3) is 0 Å². The zero-order valence-corrected chi connectivity index (χ0v) is 12.5. The fourth-order valence-corrected chi connectivity index (χ4v) is 3.35. The highest BCUT2D eigenvalue weighted by Crippen LogP contribution is 2.29. The first-order chi connectivity index (χ1) is 10.5. The van der Waals surface area contributed by atoms with Gasteiger partial charge in [0.25, 0.3) is 0 Å². The highest BCUT2D eigenvalue weighted by Gasteiger charge is 2.32. The maximum absolute atomic E-state index is 12.5. The van der Waals surface area contributed by atoms with Gasteiger partial charge in [0.05, 0.1) is 5.56 Å². The van der Waals surface area contributed by atoms with Crippen LogP contribution in [0, 0.1) is 0 Å².